The molecule has 0 spiro atoms. The molecule has 2 heterocycles. The molecule has 2 aliphatic rings. The predicted octanol–water partition coefficient (Wildman–Crippen LogP) is 1.21. The first-order valence-corrected chi connectivity index (χ1v) is 5.90. The van der Waals surface area contributed by atoms with Crippen LogP contribution in [0.15, 0.2) is 12.3 Å². The summed E-state index contributed by atoms with van der Waals surface area (Å²) in [5, 5.41) is 0. The zero-order chi connectivity index (χ0) is 11.2. The summed E-state index contributed by atoms with van der Waals surface area (Å²) < 4.78 is 21.1. The maximum Gasteiger partial charge on any atom is 0.0945 e. The fourth-order valence-electron chi connectivity index (χ4n) is 1.46. The molecule has 1 atom stereocenters. The molecule has 0 aromatic heterocycles. The Bertz CT molecular complexity index is 221. The molecule has 2 aliphatic heterocycles. The Morgan fingerprint density at radius 3 is 2.31 bits per heavy atom. The van der Waals surface area contributed by atoms with Gasteiger partial charge >= 0.3 is 0 Å². The van der Waals surface area contributed by atoms with Crippen LogP contribution in [0.2, 0.25) is 0 Å². The van der Waals surface area contributed by atoms with E-state index >= 15 is 0 Å². The van der Waals surface area contributed by atoms with Crippen molar-refractivity contribution in [3.8, 4) is 0 Å². The Morgan fingerprint density at radius 2 is 1.75 bits per heavy atom. The van der Waals surface area contributed by atoms with Gasteiger partial charge in [0.05, 0.1) is 52.0 Å². The van der Waals surface area contributed by atoms with Crippen LogP contribution in [-0.2, 0) is 18.9 Å². The summed E-state index contributed by atoms with van der Waals surface area (Å²) in [4.78, 5) is 0. The van der Waals surface area contributed by atoms with Crippen molar-refractivity contribution in [3.05, 3.63) is 12.3 Å². The van der Waals surface area contributed by atoms with Crippen molar-refractivity contribution in [2.45, 2.75) is 13.0 Å². The molecule has 0 aliphatic carbocycles. The molecule has 0 radical (unpaired) electrons. The van der Waals surface area contributed by atoms with E-state index in [1.165, 1.54) is 0 Å². The van der Waals surface area contributed by atoms with Crippen molar-refractivity contribution in [2.75, 3.05) is 39.6 Å². The molecular weight excluding hydrogens is 208 g/mol. The lowest BCUT2D eigenvalue weighted by Gasteiger charge is -2.26. The molecular formula is C12H20O4. The lowest BCUT2D eigenvalue weighted by Crippen LogP contribution is -2.32. The maximum absolute atomic E-state index is 5.62. The van der Waals surface area contributed by atoms with E-state index in [1.807, 2.05) is 13.0 Å². The number of hydrogen-bond acceptors (Lipinski definition) is 4. The van der Waals surface area contributed by atoms with Crippen LogP contribution in [0, 0.1) is 11.8 Å². The minimum absolute atomic E-state index is 0.109. The third kappa shape index (κ3) is 3.77. The van der Waals surface area contributed by atoms with Gasteiger partial charge in [0, 0.05) is 11.8 Å². The number of rotatable bonds is 7. The summed E-state index contributed by atoms with van der Waals surface area (Å²) in [6, 6.07) is 0. The smallest absolute Gasteiger partial charge is 0.0945 e. The van der Waals surface area contributed by atoms with E-state index in [1.54, 1.807) is 6.26 Å². The molecule has 92 valence electrons. The quantitative estimate of drug-likeness (QED) is 0.614. The van der Waals surface area contributed by atoms with Crippen LogP contribution in [0.3, 0.4) is 0 Å². The zero-order valence-corrected chi connectivity index (χ0v) is 9.76. The Hall–Kier alpha value is -0.580. The number of hydrogen-bond donors (Lipinski definition) is 0. The number of ether oxygens (including phenoxy) is 4. The molecule has 16 heavy (non-hydrogen) atoms. The fourth-order valence-corrected chi connectivity index (χ4v) is 1.46. The van der Waals surface area contributed by atoms with Gasteiger partial charge in [-0.05, 0) is 13.0 Å². The van der Waals surface area contributed by atoms with Crippen LogP contribution in [0.4, 0.5) is 0 Å². The van der Waals surface area contributed by atoms with E-state index in [9.17, 15) is 0 Å². The lowest BCUT2D eigenvalue weighted by molar-refractivity contribution is -0.0787. The van der Waals surface area contributed by atoms with Crippen LogP contribution in [0.25, 0.3) is 0 Å². The minimum Gasteiger partial charge on any atom is -0.501 e. The van der Waals surface area contributed by atoms with E-state index in [-0.39, 0.29) is 6.10 Å². The van der Waals surface area contributed by atoms with Gasteiger partial charge in [-0.1, -0.05) is 0 Å². The average molecular weight is 228 g/mol. The average Bonchev–Trinajstić information content (AvgIpc) is 2.12. The van der Waals surface area contributed by atoms with E-state index in [2.05, 4.69) is 0 Å². The highest BCUT2D eigenvalue weighted by Crippen LogP contribution is 2.12. The van der Waals surface area contributed by atoms with E-state index in [0.717, 1.165) is 39.6 Å². The molecule has 2 fully saturated rings. The molecule has 1 unspecified atom stereocenters. The van der Waals surface area contributed by atoms with Crippen molar-refractivity contribution in [1.82, 2.24) is 0 Å². The second-order valence-corrected chi connectivity index (χ2v) is 4.51. The monoisotopic (exact) mass is 228 g/mol. The van der Waals surface area contributed by atoms with Crippen LogP contribution < -0.4 is 0 Å². The molecule has 0 saturated carbocycles. The SMILES string of the molecule is CC(C=COCC1COC1)OCC1COC1. The van der Waals surface area contributed by atoms with Gasteiger partial charge in [-0.2, -0.15) is 0 Å². The minimum atomic E-state index is 0.109. The normalized spacial score (nSPS) is 24.1. The van der Waals surface area contributed by atoms with Crippen LogP contribution in [0.1, 0.15) is 6.92 Å². The molecule has 2 rings (SSSR count). The summed E-state index contributed by atoms with van der Waals surface area (Å²) in [7, 11) is 0. The predicted molar refractivity (Wildman–Crippen MR) is 59.1 cm³/mol. The van der Waals surface area contributed by atoms with Gasteiger partial charge in [-0.3, -0.25) is 0 Å². The van der Waals surface area contributed by atoms with Crippen molar-refractivity contribution in [3.63, 3.8) is 0 Å². The Morgan fingerprint density at radius 1 is 1.12 bits per heavy atom. The van der Waals surface area contributed by atoms with Crippen molar-refractivity contribution in [2.24, 2.45) is 11.8 Å². The lowest BCUT2D eigenvalue weighted by atomic mass is 10.1. The molecule has 0 aromatic carbocycles. The molecule has 0 amide bonds. The van der Waals surface area contributed by atoms with Gasteiger partial charge in [0.25, 0.3) is 0 Å². The van der Waals surface area contributed by atoms with Gasteiger partial charge in [0.1, 0.15) is 0 Å². The first-order chi connectivity index (χ1) is 7.84. The first kappa shape index (κ1) is 11.9. The second-order valence-electron chi connectivity index (χ2n) is 4.51. The van der Waals surface area contributed by atoms with E-state index in [0.29, 0.717) is 11.8 Å². The van der Waals surface area contributed by atoms with Gasteiger partial charge in [0.15, 0.2) is 0 Å². The van der Waals surface area contributed by atoms with Crippen molar-refractivity contribution >= 4 is 0 Å². The topological polar surface area (TPSA) is 36.9 Å². The largest absolute Gasteiger partial charge is 0.501 e. The third-order valence-electron chi connectivity index (χ3n) is 2.79. The van der Waals surface area contributed by atoms with E-state index < -0.39 is 0 Å². The molecule has 0 bridgehead atoms. The van der Waals surface area contributed by atoms with Crippen molar-refractivity contribution in [1.29, 1.82) is 0 Å². The summed E-state index contributed by atoms with van der Waals surface area (Å²) in [6.45, 7) is 6.90. The van der Waals surface area contributed by atoms with Crippen LogP contribution >= 0.6 is 0 Å². The standard InChI is InChI=1S/C12H20O4/c1-10(16-9-12-7-15-8-12)2-3-13-4-11-5-14-6-11/h2-3,10-12H,4-9H2,1H3. The van der Waals surface area contributed by atoms with Crippen LogP contribution in [0.5, 0.6) is 0 Å². The van der Waals surface area contributed by atoms with Gasteiger partial charge < -0.3 is 18.9 Å². The highest BCUT2D eigenvalue weighted by Gasteiger charge is 2.19. The van der Waals surface area contributed by atoms with Crippen molar-refractivity contribution < 1.29 is 18.9 Å². The highest BCUT2D eigenvalue weighted by molar-refractivity contribution is 4.82. The van der Waals surface area contributed by atoms with Gasteiger partial charge in [-0.25, -0.2) is 0 Å². The summed E-state index contributed by atoms with van der Waals surface area (Å²) in [6.07, 6.45) is 3.79. The maximum atomic E-state index is 5.62. The molecule has 4 nitrogen and oxygen atoms in total. The van der Waals surface area contributed by atoms with Crippen LogP contribution in [-0.4, -0.2) is 45.7 Å². The molecule has 4 heteroatoms. The molecule has 0 aromatic rings. The summed E-state index contributed by atoms with van der Waals surface area (Å²) >= 11 is 0. The summed E-state index contributed by atoms with van der Waals surface area (Å²) in [5.74, 6) is 1.16. The van der Waals surface area contributed by atoms with E-state index in [4.69, 9.17) is 18.9 Å². The Balaban J connectivity index is 1.47. The fraction of sp³-hybridized carbons (Fsp3) is 0.833. The first-order valence-electron chi connectivity index (χ1n) is 5.90. The highest BCUT2D eigenvalue weighted by atomic mass is 16.5. The second kappa shape index (κ2) is 6.23. The van der Waals surface area contributed by atoms with Gasteiger partial charge in [-0.15, -0.1) is 0 Å². The Labute approximate surface area is 96.5 Å². The third-order valence-corrected chi connectivity index (χ3v) is 2.79. The molecule has 2 saturated heterocycles. The zero-order valence-electron chi connectivity index (χ0n) is 9.76. The van der Waals surface area contributed by atoms with Gasteiger partial charge in [0.2, 0.25) is 0 Å². The molecule has 0 N–H and O–H groups in total. The summed E-state index contributed by atoms with van der Waals surface area (Å²) in [5.41, 5.74) is 0. The Kier molecular flexibility index (Phi) is 4.63.